The summed E-state index contributed by atoms with van der Waals surface area (Å²) in [4.78, 5) is 40.3. The third kappa shape index (κ3) is 8.03. The number of ether oxygens (including phenoxy) is 4. The van der Waals surface area contributed by atoms with Crippen molar-refractivity contribution in [3.63, 3.8) is 0 Å². The van der Waals surface area contributed by atoms with Gasteiger partial charge in [-0.3, -0.25) is 14.5 Å². The van der Waals surface area contributed by atoms with E-state index in [1.165, 1.54) is 4.90 Å². The van der Waals surface area contributed by atoms with Crippen LogP contribution in [0.4, 0.5) is 4.79 Å². The predicted octanol–water partition coefficient (Wildman–Crippen LogP) is 4.45. The zero-order valence-corrected chi connectivity index (χ0v) is 21.0. The largest absolute Gasteiger partial charge is 0.459 e. The lowest BCUT2D eigenvalue weighted by atomic mass is 9.98. The van der Waals surface area contributed by atoms with Gasteiger partial charge in [-0.05, 0) is 67.4 Å². The maximum absolute atomic E-state index is 13.0. The van der Waals surface area contributed by atoms with Gasteiger partial charge in [0.25, 0.3) is 0 Å². The van der Waals surface area contributed by atoms with Gasteiger partial charge in [-0.1, -0.05) is 30.3 Å². The summed E-state index contributed by atoms with van der Waals surface area (Å²) in [6, 6.07) is 8.75. The molecule has 1 aliphatic heterocycles. The summed E-state index contributed by atoms with van der Waals surface area (Å²) < 4.78 is 22.3. The summed E-state index contributed by atoms with van der Waals surface area (Å²) in [5.41, 5.74) is -1.68. The molecule has 2 rings (SSSR count). The van der Waals surface area contributed by atoms with Gasteiger partial charge in [-0.15, -0.1) is 0 Å². The van der Waals surface area contributed by atoms with Crippen LogP contribution in [0.1, 0.15) is 67.4 Å². The van der Waals surface area contributed by atoms with Crippen molar-refractivity contribution in [1.29, 1.82) is 0 Å². The lowest BCUT2D eigenvalue weighted by Gasteiger charge is -2.34. The molecule has 1 saturated heterocycles. The topological polar surface area (TPSA) is 91.4 Å². The molecule has 0 radical (unpaired) electrons. The van der Waals surface area contributed by atoms with Crippen molar-refractivity contribution in [3.05, 3.63) is 35.9 Å². The highest BCUT2D eigenvalue weighted by molar-refractivity contribution is 5.95. The molecular formula is C25H37NO7. The first-order valence-electron chi connectivity index (χ1n) is 11.2. The SMILES string of the molecule is CC(C)(C)OC(=O)C(C[C@H]1COC(C)(C)N1C(=O)OCc1ccccc1)C(=O)OC(C)(C)C. The van der Waals surface area contributed by atoms with Gasteiger partial charge in [0.15, 0.2) is 5.92 Å². The molecule has 0 unspecified atom stereocenters. The molecule has 8 heteroatoms. The van der Waals surface area contributed by atoms with E-state index in [0.717, 1.165) is 5.56 Å². The summed E-state index contributed by atoms with van der Waals surface area (Å²) >= 11 is 0. The Morgan fingerprint density at radius 2 is 1.52 bits per heavy atom. The summed E-state index contributed by atoms with van der Waals surface area (Å²) in [6.07, 6.45) is -0.591. The van der Waals surface area contributed by atoms with E-state index in [-0.39, 0.29) is 19.6 Å². The molecule has 1 atom stereocenters. The molecule has 33 heavy (non-hydrogen) atoms. The first kappa shape index (κ1) is 26.6. The second-order valence-corrected chi connectivity index (χ2v) is 10.7. The van der Waals surface area contributed by atoms with Gasteiger partial charge >= 0.3 is 18.0 Å². The quantitative estimate of drug-likeness (QED) is 0.350. The fourth-order valence-corrected chi connectivity index (χ4v) is 3.52. The lowest BCUT2D eigenvalue weighted by Crippen LogP contribution is -2.50. The predicted molar refractivity (Wildman–Crippen MR) is 122 cm³/mol. The van der Waals surface area contributed by atoms with Crippen molar-refractivity contribution in [2.75, 3.05) is 6.61 Å². The van der Waals surface area contributed by atoms with Gasteiger partial charge in [-0.25, -0.2) is 4.79 Å². The number of hydrogen-bond donors (Lipinski definition) is 0. The Balaban J connectivity index is 2.21. The standard InChI is InChI=1S/C25H37NO7/c1-23(2,3)32-20(27)19(21(28)33-24(4,5)6)14-18-16-31-25(7,8)26(18)22(29)30-15-17-12-10-9-11-13-17/h9-13,18-19H,14-16H2,1-8H3/t18-/m0/s1. The van der Waals surface area contributed by atoms with E-state index in [9.17, 15) is 14.4 Å². The number of nitrogens with zero attached hydrogens (tertiary/aromatic N) is 1. The molecule has 8 nitrogen and oxygen atoms in total. The van der Waals surface area contributed by atoms with Crippen molar-refractivity contribution >= 4 is 18.0 Å². The molecule has 0 aromatic heterocycles. The van der Waals surface area contributed by atoms with Crippen molar-refractivity contribution < 1.29 is 33.3 Å². The van der Waals surface area contributed by atoms with E-state index < -0.39 is 46.9 Å². The molecule has 184 valence electrons. The van der Waals surface area contributed by atoms with Gasteiger partial charge in [0, 0.05) is 0 Å². The van der Waals surface area contributed by atoms with Crippen LogP contribution in [0.3, 0.4) is 0 Å². The second kappa shape index (κ2) is 10.1. The highest BCUT2D eigenvalue weighted by Crippen LogP contribution is 2.33. The Hall–Kier alpha value is -2.61. The van der Waals surface area contributed by atoms with E-state index in [1.807, 2.05) is 30.3 Å². The molecule has 1 aliphatic rings. The van der Waals surface area contributed by atoms with Gasteiger partial charge in [0.05, 0.1) is 12.6 Å². The van der Waals surface area contributed by atoms with E-state index in [1.54, 1.807) is 55.4 Å². The molecule has 0 saturated carbocycles. The molecule has 0 spiro atoms. The number of rotatable bonds is 6. The number of benzene rings is 1. The van der Waals surface area contributed by atoms with E-state index >= 15 is 0 Å². The number of carbonyl (C=O) groups excluding carboxylic acids is 3. The Morgan fingerprint density at radius 3 is 2.00 bits per heavy atom. The Bertz CT molecular complexity index is 809. The molecule has 0 N–H and O–H groups in total. The highest BCUT2D eigenvalue weighted by atomic mass is 16.6. The average Bonchev–Trinajstić information content (AvgIpc) is 2.96. The summed E-state index contributed by atoms with van der Waals surface area (Å²) in [7, 11) is 0. The fraction of sp³-hybridized carbons (Fsp3) is 0.640. The minimum atomic E-state index is -1.21. The van der Waals surface area contributed by atoms with Crippen LogP contribution in [0, 0.1) is 5.92 Å². The first-order valence-corrected chi connectivity index (χ1v) is 11.2. The monoisotopic (exact) mass is 463 g/mol. The normalized spacial score (nSPS) is 18.2. The highest BCUT2D eigenvalue weighted by Gasteiger charge is 2.48. The first-order chi connectivity index (χ1) is 15.1. The maximum atomic E-state index is 13.0. The third-order valence-electron chi connectivity index (χ3n) is 4.87. The van der Waals surface area contributed by atoms with E-state index in [0.29, 0.717) is 0 Å². The Labute approximate surface area is 196 Å². The molecule has 1 fully saturated rings. The van der Waals surface area contributed by atoms with E-state index in [4.69, 9.17) is 18.9 Å². The zero-order valence-electron chi connectivity index (χ0n) is 21.0. The number of esters is 2. The summed E-state index contributed by atoms with van der Waals surface area (Å²) in [5.74, 6) is -2.60. The summed E-state index contributed by atoms with van der Waals surface area (Å²) in [5, 5.41) is 0. The number of amides is 1. The van der Waals surface area contributed by atoms with Crippen LogP contribution in [0.15, 0.2) is 30.3 Å². The van der Waals surface area contributed by atoms with Crippen LogP contribution >= 0.6 is 0 Å². The van der Waals surface area contributed by atoms with Crippen molar-refractivity contribution in [2.45, 2.75) is 91.4 Å². The molecular weight excluding hydrogens is 426 g/mol. The van der Waals surface area contributed by atoms with Crippen LogP contribution in [-0.4, -0.2) is 52.5 Å². The zero-order chi connectivity index (χ0) is 25.0. The molecule has 1 aromatic carbocycles. The lowest BCUT2D eigenvalue weighted by molar-refractivity contribution is -0.175. The summed E-state index contributed by atoms with van der Waals surface area (Å²) in [6.45, 7) is 14.1. The van der Waals surface area contributed by atoms with Gasteiger partial charge in [0.2, 0.25) is 0 Å². The third-order valence-corrected chi connectivity index (χ3v) is 4.87. The molecule has 1 heterocycles. The Morgan fingerprint density at radius 1 is 1.00 bits per heavy atom. The van der Waals surface area contributed by atoms with Gasteiger partial charge in [-0.2, -0.15) is 0 Å². The van der Waals surface area contributed by atoms with Crippen LogP contribution in [-0.2, 0) is 35.1 Å². The Kier molecular flexibility index (Phi) is 8.17. The second-order valence-electron chi connectivity index (χ2n) is 10.7. The van der Waals surface area contributed by atoms with Crippen molar-refractivity contribution in [2.24, 2.45) is 5.92 Å². The van der Waals surface area contributed by atoms with Crippen molar-refractivity contribution in [1.82, 2.24) is 4.90 Å². The van der Waals surface area contributed by atoms with Crippen LogP contribution < -0.4 is 0 Å². The smallest absolute Gasteiger partial charge is 0.412 e. The minimum Gasteiger partial charge on any atom is -0.459 e. The molecule has 1 amide bonds. The molecule has 1 aromatic rings. The van der Waals surface area contributed by atoms with Crippen LogP contribution in [0.5, 0.6) is 0 Å². The van der Waals surface area contributed by atoms with Crippen LogP contribution in [0.25, 0.3) is 0 Å². The maximum Gasteiger partial charge on any atom is 0.412 e. The fourth-order valence-electron chi connectivity index (χ4n) is 3.52. The van der Waals surface area contributed by atoms with Crippen LogP contribution in [0.2, 0.25) is 0 Å². The van der Waals surface area contributed by atoms with Gasteiger partial charge < -0.3 is 18.9 Å². The van der Waals surface area contributed by atoms with Gasteiger partial charge in [0.1, 0.15) is 23.5 Å². The van der Waals surface area contributed by atoms with Crippen molar-refractivity contribution in [3.8, 4) is 0 Å². The minimum absolute atomic E-state index is 0.00626. The molecule has 0 bridgehead atoms. The number of hydrogen-bond acceptors (Lipinski definition) is 7. The molecule has 0 aliphatic carbocycles. The average molecular weight is 464 g/mol. The number of carbonyl (C=O) groups is 3. The van der Waals surface area contributed by atoms with E-state index in [2.05, 4.69) is 0 Å².